The summed E-state index contributed by atoms with van der Waals surface area (Å²) in [6.07, 6.45) is 3.28. The smallest absolute Gasteiger partial charge is 0.326 e. The Morgan fingerprint density at radius 2 is 1.62 bits per heavy atom. The number of rotatable bonds is 3. The number of fused-ring (bicyclic) bond motifs is 2. The Morgan fingerprint density at radius 3 is 2.34 bits per heavy atom. The third-order valence-electron chi connectivity index (χ3n) is 6.19. The first-order chi connectivity index (χ1) is 15.4. The number of carbonyl (C=O) groups is 1. The van der Waals surface area contributed by atoms with Crippen molar-refractivity contribution in [3.63, 3.8) is 0 Å². The highest BCUT2D eigenvalue weighted by molar-refractivity contribution is 6.34. The highest BCUT2D eigenvalue weighted by atomic mass is 35.5. The van der Waals surface area contributed by atoms with E-state index in [1.165, 1.54) is 11.1 Å². The lowest BCUT2D eigenvalue weighted by Gasteiger charge is -2.13. The summed E-state index contributed by atoms with van der Waals surface area (Å²) < 4.78 is 6.19. The van der Waals surface area contributed by atoms with Crippen molar-refractivity contribution in [1.82, 2.24) is 0 Å². The first-order valence-electron chi connectivity index (χ1n) is 10.9. The van der Waals surface area contributed by atoms with E-state index in [1.54, 1.807) is 0 Å². The molecule has 1 aliphatic carbocycles. The number of hydrogen-bond acceptors (Lipinski definition) is 2. The van der Waals surface area contributed by atoms with E-state index in [0.717, 1.165) is 63.7 Å². The molecule has 0 atom stereocenters. The lowest BCUT2D eigenvalue weighted by Crippen LogP contribution is -2.20. The maximum absolute atomic E-state index is 13.0. The molecule has 32 heavy (non-hydrogen) atoms. The van der Waals surface area contributed by atoms with Crippen molar-refractivity contribution >= 4 is 40.2 Å². The molecule has 4 aromatic rings. The number of anilines is 2. The van der Waals surface area contributed by atoms with Gasteiger partial charge < -0.3 is 9.73 Å². The van der Waals surface area contributed by atoms with Crippen LogP contribution < -0.4 is 10.6 Å². The van der Waals surface area contributed by atoms with E-state index in [4.69, 9.17) is 16.0 Å². The van der Waals surface area contributed by atoms with E-state index in [1.807, 2.05) is 45.0 Å². The van der Waals surface area contributed by atoms with Crippen LogP contribution in [0, 0.1) is 20.8 Å². The van der Waals surface area contributed by atoms with Crippen LogP contribution in [0.4, 0.5) is 16.4 Å². The van der Waals surface area contributed by atoms with E-state index in [2.05, 4.69) is 34.9 Å². The molecule has 0 fully saturated rings. The van der Waals surface area contributed by atoms with Gasteiger partial charge in [-0.25, -0.2) is 4.79 Å². The van der Waals surface area contributed by atoms with Gasteiger partial charge in [0.1, 0.15) is 5.58 Å². The van der Waals surface area contributed by atoms with Gasteiger partial charge in [-0.2, -0.15) is 0 Å². The summed E-state index contributed by atoms with van der Waals surface area (Å²) in [7, 11) is 0. The van der Waals surface area contributed by atoms with Crippen molar-refractivity contribution in [1.29, 1.82) is 0 Å². The summed E-state index contributed by atoms with van der Waals surface area (Å²) in [6, 6.07) is 15.7. The molecule has 5 rings (SSSR count). The van der Waals surface area contributed by atoms with Crippen molar-refractivity contribution < 1.29 is 9.21 Å². The zero-order valence-corrected chi connectivity index (χ0v) is 19.2. The molecule has 2 amide bonds. The average molecular weight is 445 g/mol. The number of carbonyl (C=O) groups excluding carboxylic acids is 1. The van der Waals surface area contributed by atoms with E-state index < -0.39 is 0 Å². The lowest BCUT2D eigenvalue weighted by atomic mass is 10.0. The van der Waals surface area contributed by atoms with Gasteiger partial charge >= 0.3 is 6.03 Å². The molecule has 0 aliphatic heterocycles. The van der Waals surface area contributed by atoms with Gasteiger partial charge in [0.2, 0.25) is 5.88 Å². The summed E-state index contributed by atoms with van der Waals surface area (Å²) in [6.45, 7) is 6.03. The van der Waals surface area contributed by atoms with Gasteiger partial charge in [-0.15, -0.1) is 0 Å². The molecule has 0 spiro atoms. The number of nitrogens with one attached hydrogen (secondary N) is 2. The fourth-order valence-corrected chi connectivity index (χ4v) is 5.04. The molecular weight excluding hydrogens is 420 g/mol. The Kier molecular flexibility index (Phi) is 5.18. The van der Waals surface area contributed by atoms with Crippen molar-refractivity contribution in [2.75, 3.05) is 10.6 Å². The SMILES string of the molecule is Cc1cc(C)c(NC(=O)Nc2oc3cc4c(cc3c2-c2ccccc2Cl)CCC4)c(C)c1. The van der Waals surface area contributed by atoms with Gasteiger partial charge in [-0.05, 0) is 80.5 Å². The Labute approximate surface area is 192 Å². The number of amides is 2. The second-order valence-electron chi connectivity index (χ2n) is 8.61. The van der Waals surface area contributed by atoms with E-state index in [0.29, 0.717) is 10.9 Å². The van der Waals surface area contributed by atoms with Gasteiger partial charge in [0.25, 0.3) is 0 Å². The van der Waals surface area contributed by atoms with Gasteiger partial charge in [-0.1, -0.05) is 47.5 Å². The Morgan fingerprint density at radius 1 is 0.938 bits per heavy atom. The predicted molar refractivity (Wildman–Crippen MR) is 132 cm³/mol. The van der Waals surface area contributed by atoms with Crippen LogP contribution in [-0.2, 0) is 12.8 Å². The number of halogens is 1. The molecule has 1 aliphatic rings. The van der Waals surface area contributed by atoms with Crippen molar-refractivity contribution in [2.45, 2.75) is 40.0 Å². The molecule has 0 radical (unpaired) electrons. The quantitative estimate of drug-likeness (QED) is 0.338. The normalized spacial score (nSPS) is 12.8. The largest absolute Gasteiger partial charge is 0.440 e. The monoisotopic (exact) mass is 444 g/mol. The van der Waals surface area contributed by atoms with Gasteiger partial charge in [0, 0.05) is 21.7 Å². The van der Waals surface area contributed by atoms with Crippen molar-refractivity contribution in [2.24, 2.45) is 0 Å². The van der Waals surface area contributed by atoms with Crippen LogP contribution in [0.5, 0.6) is 0 Å². The Hall–Kier alpha value is -3.24. The number of hydrogen-bond donors (Lipinski definition) is 2. The van der Waals surface area contributed by atoms with Gasteiger partial charge in [0.05, 0.1) is 5.56 Å². The highest BCUT2D eigenvalue weighted by Crippen LogP contribution is 2.43. The first-order valence-corrected chi connectivity index (χ1v) is 11.3. The van der Waals surface area contributed by atoms with Gasteiger partial charge in [-0.3, -0.25) is 5.32 Å². The summed E-state index contributed by atoms with van der Waals surface area (Å²) in [5, 5.41) is 7.52. The summed E-state index contributed by atoms with van der Waals surface area (Å²) in [5.74, 6) is 0.400. The number of furan rings is 1. The van der Waals surface area contributed by atoms with Crippen molar-refractivity contribution in [3.05, 3.63) is 81.4 Å². The molecule has 0 saturated carbocycles. The van der Waals surface area contributed by atoms with Gasteiger partial charge in [0.15, 0.2) is 0 Å². The standard InChI is InChI=1S/C27H25ClN2O2/c1-15-11-16(2)25(17(3)12-15)29-27(31)30-26-24(20-9-4-5-10-22(20)28)21-13-18-7-6-8-19(18)14-23(21)32-26/h4-5,9-14H,6-8H2,1-3H3,(H2,29,30,31). The van der Waals surface area contributed by atoms with E-state index in [9.17, 15) is 4.79 Å². The first kappa shape index (κ1) is 20.7. The second-order valence-corrected chi connectivity index (χ2v) is 9.02. The average Bonchev–Trinajstić information content (AvgIpc) is 3.32. The summed E-state index contributed by atoms with van der Waals surface area (Å²) in [4.78, 5) is 13.0. The van der Waals surface area contributed by atoms with Crippen LogP contribution in [-0.4, -0.2) is 6.03 Å². The van der Waals surface area contributed by atoms with Crippen LogP contribution in [0.3, 0.4) is 0 Å². The number of aryl methyl sites for hydroxylation is 5. The topological polar surface area (TPSA) is 54.3 Å². The Balaban J connectivity index is 1.57. The third kappa shape index (κ3) is 3.65. The molecule has 0 unspecified atom stereocenters. The maximum atomic E-state index is 13.0. The Bertz CT molecular complexity index is 1350. The predicted octanol–water partition coefficient (Wildman–Crippen LogP) is 7.81. The van der Waals surface area contributed by atoms with E-state index >= 15 is 0 Å². The minimum Gasteiger partial charge on any atom is -0.440 e. The van der Waals surface area contributed by atoms with Crippen molar-refractivity contribution in [3.8, 4) is 11.1 Å². The second kappa shape index (κ2) is 8.03. The molecule has 162 valence electrons. The molecule has 3 aromatic carbocycles. The molecule has 1 aromatic heterocycles. The minimum atomic E-state index is -0.347. The van der Waals surface area contributed by atoms with Crippen LogP contribution in [0.15, 0.2) is 52.9 Å². The summed E-state index contributed by atoms with van der Waals surface area (Å²) in [5.41, 5.74) is 9.08. The highest BCUT2D eigenvalue weighted by Gasteiger charge is 2.23. The fraction of sp³-hybridized carbons (Fsp3) is 0.222. The molecule has 2 N–H and O–H groups in total. The summed E-state index contributed by atoms with van der Waals surface area (Å²) >= 11 is 6.56. The molecular formula is C27H25ClN2O2. The lowest BCUT2D eigenvalue weighted by molar-refractivity contribution is 0.261. The molecule has 0 bridgehead atoms. The van der Waals surface area contributed by atoms with Crippen LogP contribution in [0.25, 0.3) is 22.1 Å². The fourth-order valence-electron chi connectivity index (χ4n) is 4.81. The minimum absolute atomic E-state index is 0.347. The molecule has 1 heterocycles. The molecule has 5 heteroatoms. The van der Waals surface area contributed by atoms with E-state index in [-0.39, 0.29) is 6.03 Å². The number of urea groups is 1. The molecule has 0 saturated heterocycles. The third-order valence-corrected chi connectivity index (χ3v) is 6.52. The van der Waals surface area contributed by atoms with Crippen LogP contribution in [0.2, 0.25) is 5.02 Å². The zero-order valence-electron chi connectivity index (χ0n) is 18.4. The maximum Gasteiger partial charge on any atom is 0.326 e. The number of benzene rings is 3. The zero-order chi connectivity index (χ0) is 22.4. The van der Waals surface area contributed by atoms with Crippen LogP contribution in [0.1, 0.15) is 34.2 Å². The van der Waals surface area contributed by atoms with Crippen LogP contribution >= 0.6 is 11.6 Å². The molecule has 4 nitrogen and oxygen atoms in total.